The van der Waals surface area contributed by atoms with Gasteiger partial charge >= 0.3 is 0 Å². The van der Waals surface area contributed by atoms with E-state index in [1.54, 1.807) is 0 Å². The Balaban J connectivity index is 2.24. The van der Waals surface area contributed by atoms with Crippen LogP contribution in [0.15, 0.2) is 0 Å². The van der Waals surface area contributed by atoms with E-state index in [9.17, 15) is 4.79 Å². The third-order valence-corrected chi connectivity index (χ3v) is 2.78. The van der Waals surface area contributed by atoms with Gasteiger partial charge in [-0.05, 0) is 25.8 Å². The molecule has 2 atom stereocenters. The van der Waals surface area contributed by atoms with Gasteiger partial charge in [0.1, 0.15) is 6.54 Å². The molecule has 1 fully saturated rings. The molecule has 1 aliphatic heterocycles. The lowest BCUT2D eigenvalue weighted by molar-refractivity contribution is -0.121. The second kappa shape index (κ2) is 5.69. The van der Waals surface area contributed by atoms with Gasteiger partial charge in [0.25, 0.3) is 0 Å². The van der Waals surface area contributed by atoms with Gasteiger partial charge in [0.15, 0.2) is 0 Å². The van der Waals surface area contributed by atoms with Crippen molar-refractivity contribution in [1.82, 2.24) is 10.2 Å². The average molecular weight is 210 g/mol. The molecular weight excluding hydrogens is 192 g/mol. The van der Waals surface area contributed by atoms with Crippen molar-refractivity contribution in [3.8, 4) is 6.07 Å². The molecule has 0 radical (unpaired) electrons. The summed E-state index contributed by atoms with van der Waals surface area (Å²) in [6.07, 6.45) is 1.06. The third-order valence-electron chi connectivity index (χ3n) is 2.78. The molecule has 0 aromatic rings. The first-order chi connectivity index (χ1) is 7.13. The standard InChI is InChI=1S/C10H18N4O/c1-8(12)9-2-5-14(6-9)7-10(15)13-4-3-11/h8-9H,2,4-7,12H2,1H3,(H,13,15). The molecule has 0 saturated carbocycles. The van der Waals surface area contributed by atoms with E-state index in [-0.39, 0.29) is 18.5 Å². The van der Waals surface area contributed by atoms with Crippen LogP contribution in [0.25, 0.3) is 0 Å². The van der Waals surface area contributed by atoms with Crippen molar-refractivity contribution in [2.45, 2.75) is 19.4 Å². The zero-order valence-electron chi connectivity index (χ0n) is 9.07. The van der Waals surface area contributed by atoms with Crippen molar-refractivity contribution in [1.29, 1.82) is 5.26 Å². The normalized spacial score (nSPS) is 23.4. The fourth-order valence-electron chi connectivity index (χ4n) is 1.83. The van der Waals surface area contributed by atoms with E-state index in [1.165, 1.54) is 0 Å². The summed E-state index contributed by atoms with van der Waals surface area (Å²) in [6, 6.07) is 2.07. The molecule has 0 aliphatic carbocycles. The number of carbonyl (C=O) groups excluding carboxylic acids is 1. The molecule has 15 heavy (non-hydrogen) atoms. The van der Waals surface area contributed by atoms with Crippen LogP contribution in [-0.2, 0) is 4.79 Å². The van der Waals surface area contributed by atoms with Crippen LogP contribution >= 0.6 is 0 Å². The van der Waals surface area contributed by atoms with Crippen LogP contribution in [-0.4, -0.2) is 43.0 Å². The molecule has 84 valence electrons. The highest BCUT2D eigenvalue weighted by Crippen LogP contribution is 2.17. The van der Waals surface area contributed by atoms with Crippen LogP contribution in [0, 0.1) is 17.2 Å². The maximum absolute atomic E-state index is 11.3. The monoisotopic (exact) mass is 210 g/mol. The highest BCUT2D eigenvalue weighted by Gasteiger charge is 2.26. The summed E-state index contributed by atoms with van der Waals surface area (Å²) in [5.41, 5.74) is 5.80. The lowest BCUT2D eigenvalue weighted by Crippen LogP contribution is -2.37. The molecule has 1 aliphatic rings. The molecule has 1 rings (SSSR count). The zero-order valence-corrected chi connectivity index (χ0v) is 9.07. The minimum Gasteiger partial charge on any atom is -0.342 e. The Kier molecular flexibility index (Phi) is 4.53. The SMILES string of the molecule is CC(N)C1CCN(CC(=O)NCC#N)C1. The molecular formula is C10H18N4O. The van der Waals surface area contributed by atoms with Gasteiger partial charge in [-0.2, -0.15) is 5.26 Å². The minimum absolute atomic E-state index is 0.0816. The van der Waals surface area contributed by atoms with E-state index < -0.39 is 0 Å². The first kappa shape index (κ1) is 12.0. The Morgan fingerprint density at radius 1 is 1.80 bits per heavy atom. The maximum Gasteiger partial charge on any atom is 0.235 e. The van der Waals surface area contributed by atoms with Crippen LogP contribution in [0.3, 0.4) is 0 Å². The van der Waals surface area contributed by atoms with E-state index >= 15 is 0 Å². The summed E-state index contributed by atoms with van der Waals surface area (Å²) in [7, 11) is 0. The van der Waals surface area contributed by atoms with Crippen molar-refractivity contribution >= 4 is 5.91 Å². The van der Waals surface area contributed by atoms with Crippen LogP contribution in [0.4, 0.5) is 0 Å². The van der Waals surface area contributed by atoms with E-state index in [2.05, 4.69) is 10.2 Å². The predicted octanol–water partition coefficient (Wildman–Crippen LogP) is -0.705. The van der Waals surface area contributed by atoms with Crippen molar-refractivity contribution in [3.63, 3.8) is 0 Å². The molecule has 5 nitrogen and oxygen atoms in total. The molecule has 0 aromatic carbocycles. The van der Waals surface area contributed by atoms with Crippen LogP contribution in [0.2, 0.25) is 0 Å². The van der Waals surface area contributed by atoms with Gasteiger partial charge in [-0.1, -0.05) is 0 Å². The molecule has 1 heterocycles. The smallest absolute Gasteiger partial charge is 0.235 e. The van der Waals surface area contributed by atoms with E-state index in [1.807, 2.05) is 13.0 Å². The third kappa shape index (κ3) is 3.86. The van der Waals surface area contributed by atoms with Gasteiger partial charge in [0.2, 0.25) is 5.91 Å². The fraction of sp³-hybridized carbons (Fsp3) is 0.800. The second-order valence-electron chi connectivity index (χ2n) is 4.08. The molecule has 2 unspecified atom stereocenters. The molecule has 0 aromatic heterocycles. The molecule has 0 bridgehead atoms. The summed E-state index contributed by atoms with van der Waals surface area (Å²) < 4.78 is 0. The number of carbonyl (C=O) groups is 1. The molecule has 5 heteroatoms. The number of nitrogens with zero attached hydrogens (tertiary/aromatic N) is 2. The van der Waals surface area contributed by atoms with E-state index in [4.69, 9.17) is 11.0 Å². The van der Waals surface area contributed by atoms with Gasteiger partial charge in [-0.25, -0.2) is 0 Å². The van der Waals surface area contributed by atoms with E-state index in [0.29, 0.717) is 12.5 Å². The van der Waals surface area contributed by atoms with Gasteiger partial charge < -0.3 is 11.1 Å². The summed E-state index contributed by atoms with van der Waals surface area (Å²) in [4.78, 5) is 13.4. The van der Waals surface area contributed by atoms with Crippen LogP contribution < -0.4 is 11.1 Å². The second-order valence-corrected chi connectivity index (χ2v) is 4.08. The highest BCUT2D eigenvalue weighted by atomic mass is 16.2. The number of nitriles is 1. The number of nitrogens with two attached hydrogens (primary N) is 1. The van der Waals surface area contributed by atoms with Gasteiger partial charge in [-0.15, -0.1) is 0 Å². The van der Waals surface area contributed by atoms with Crippen LogP contribution in [0.1, 0.15) is 13.3 Å². The van der Waals surface area contributed by atoms with Crippen LogP contribution in [0.5, 0.6) is 0 Å². The first-order valence-electron chi connectivity index (χ1n) is 5.25. The Labute approximate surface area is 90.2 Å². The number of nitrogens with one attached hydrogen (secondary N) is 1. The van der Waals surface area contributed by atoms with Crippen molar-refractivity contribution in [2.24, 2.45) is 11.7 Å². The molecule has 0 spiro atoms. The van der Waals surface area contributed by atoms with Crippen molar-refractivity contribution in [3.05, 3.63) is 0 Å². The van der Waals surface area contributed by atoms with Gasteiger partial charge in [-0.3, -0.25) is 9.69 Å². The fourth-order valence-corrected chi connectivity index (χ4v) is 1.83. The summed E-state index contributed by atoms with van der Waals surface area (Å²) in [5, 5.41) is 10.8. The minimum atomic E-state index is -0.0816. The summed E-state index contributed by atoms with van der Waals surface area (Å²) in [6.45, 7) is 4.28. The summed E-state index contributed by atoms with van der Waals surface area (Å²) in [5.74, 6) is 0.413. The van der Waals surface area contributed by atoms with Crippen molar-refractivity contribution in [2.75, 3.05) is 26.2 Å². The Morgan fingerprint density at radius 3 is 3.07 bits per heavy atom. The van der Waals surface area contributed by atoms with Gasteiger partial charge in [0, 0.05) is 12.6 Å². The first-order valence-corrected chi connectivity index (χ1v) is 5.25. The largest absolute Gasteiger partial charge is 0.342 e. The molecule has 3 N–H and O–H groups in total. The molecule has 1 amide bonds. The topological polar surface area (TPSA) is 82.2 Å². The van der Waals surface area contributed by atoms with E-state index in [0.717, 1.165) is 19.5 Å². The van der Waals surface area contributed by atoms with Gasteiger partial charge in [0.05, 0.1) is 12.6 Å². The Hall–Kier alpha value is -1.12. The summed E-state index contributed by atoms with van der Waals surface area (Å²) >= 11 is 0. The predicted molar refractivity (Wildman–Crippen MR) is 56.8 cm³/mol. The highest BCUT2D eigenvalue weighted by molar-refractivity contribution is 5.78. The lowest BCUT2D eigenvalue weighted by Gasteiger charge is -2.16. The Morgan fingerprint density at radius 2 is 2.53 bits per heavy atom. The number of hydrogen-bond acceptors (Lipinski definition) is 4. The molecule has 1 saturated heterocycles. The number of amides is 1. The number of rotatable bonds is 4. The Bertz CT molecular complexity index is 259. The maximum atomic E-state index is 11.3. The number of hydrogen-bond donors (Lipinski definition) is 2. The quantitative estimate of drug-likeness (QED) is 0.601. The lowest BCUT2D eigenvalue weighted by atomic mass is 10.0. The number of likely N-dealkylation sites (tertiary alicyclic amines) is 1. The zero-order chi connectivity index (χ0) is 11.3. The van der Waals surface area contributed by atoms with Crippen molar-refractivity contribution < 1.29 is 4.79 Å². The average Bonchev–Trinajstić information content (AvgIpc) is 2.63.